The SMILES string of the molecule is CCNC(C)CC(=O)N1CCSCC1S(C)(=O)=O. The minimum absolute atomic E-state index is 0.0702. The Labute approximate surface area is 114 Å². The van der Waals surface area contributed by atoms with E-state index in [1.54, 1.807) is 11.8 Å². The van der Waals surface area contributed by atoms with Gasteiger partial charge in [-0.05, 0) is 13.5 Å². The van der Waals surface area contributed by atoms with Gasteiger partial charge in [0.2, 0.25) is 5.91 Å². The first-order valence-corrected chi connectivity index (χ1v) is 9.26. The third-order valence-electron chi connectivity index (χ3n) is 2.93. The van der Waals surface area contributed by atoms with Gasteiger partial charge in [0.1, 0.15) is 5.37 Å². The number of sulfone groups is 1. The summed E-state index contributed by atoms with van der Waals surface area (Å²) in [7, 11) is -3.20. The molecule has 106 valence electrons. The van der Waals surface area contributed by atoms with Crippen molar-refractivity contribution in [2.75, 3.05) is 30.9 Å². The van der Waals surface area contributed by atoms with Gasteiger partial charge in [0.15, 0.2) is 9.84 Å². The van der Waals surface area contributed by atoms with Crippen LogP contribution in [-0.2, 0) is 14.6 Å². The Morgan fingerprint density at radius 3 is 2.78 bits per heavy atom. The van der Waals surface area contributed by atoms with Crippen LogP contribution in [0.25, 0.3) is 0 Å². The molecule has 0 aliphatic carbocycles. The predicted molar refractivity (Wildman–Crippen MR) is 75.4 cm³/mol. The monoisotopic (exact) mass is 294 g/mol. The summed E-state index contributed by atoms with van der Waals surface area (Å²) >= 11 is 1.59. The molecule has 5 nitrogen and oxygen atoms in total. The van der Waals surface area contributed by atoms with Gasteiger partial charge >= 0.3 is 0 Å². The molecule has 0 spiro atoms. The molecular formula is C11H22N2O3S2. The van der Waals surface area contributed by atoms with Crippen molar-refractivity contribution >= 4 is 27.5 Å². The number of thioether (sulfide) groups is 1. The maximum absolute atomic E-state index is 12.2. The van der Waals surface area contributed by atoms with E-state index < -0.39 is 15.2 Å². The maximum atomic E-state index is 12.2. The summed E-state index contributed by atoms with van der Waals surface area (Å²) in [4.78, 5) is 13.7. The van der Waals surface area contributed by atoms with Gasteiger partial charge in [-0.2, -0.15) is 11.8 Å². The van der Waals surface area contributed by atoms with Crippen LogP contribution in [-0.4, -0.2) is 61.5 Å². The molecule has 0 aromatic rings. The number of amides is 1. The number of nitrogens with one attached hydrogen (secondary N) is 1. The van der Waals surface area contributed by atoms with Crippen LogP contribution in [0.1, 0.15) is 20.3 Å². The molecule has 0 saturated carbocycles. The Bertz CT molecular complexity index is 384. The number of nitrogens with zero attached hydrogens (tertiary/aromatic N) is 1. The lowest BCUT2D eigenvalue weighted by atomic mass is 10.2. The van der Waals surface area contributed by atoms with Crippen LogP contribution in [0.3, 0.4) is 0 Å². The third-order valence-corrected chi connectivity index (χ3v) is 5.58. The zero-order valence-corrected chi connectivity index (χ0v) is 12.8. The summed E-state index contributed by atoms with van der Waals surface area (Å²) < 4.78 is 23.4. The van der Waals surface area contributed by atoms with Gasteiger partial charge in [0, 0.05) is 36.8 Å². The number of carbonyl (C=O) groups excluding carboxylic acids is 1. The van der Waals surface area contributed by atoms with Crippen LogP contribution >= 0.6 is 11.8 Å². The predicted octanol–water partition coefficient (Wildman–Crippen LogP) is 0.321. The molecule has 1 aliphatic heterocycles. The van der Waals surface area contributed by atoms with Crippen molar-refractivity contribution in [2.24, 2.45) is 0 Å². The lowest BCUT2D eigenvalue weighted by molar-refractivity contribution is -0.132. The fourth-order valence-corrected chi connectivity index (χ4v) is 4.86. The highest BCUT2D eigenvalue weighted by Crippen LogP contribution is 2.21. The first-order valence-electron chi connectivity index (χ1n) is 6.15. The van der Waals surface area contributed by atoms with E-state index >= 15 is 0 Å². The van der Waals surface area contributed by atoms with Gasteiger partial charge < -0.3 is 10.2 Å². The van der Waals surface area contributed by atoms with Crippen molar-refractivity contribution in [1.29, 1.82) is 0 Å². The first-order chi connectivity index (χ1) is 8.36. The maximum Gasteiger partial charge on any atom is 0.225 e. The molecule has 2 atom stereocenters. The van der Waals surface area contributed by atoms with Crippen molar-refractivity contribution in [3.63, 3.8) is 0 Å². The fraction of sp³-hybridized carbons (Fsp3) is 0.909. The van der Waals surface area contributed by atoms with Gasteiger partial charge in [0.05, 0.1) is 0 Å². The van der Waals surface area contributed by atoms with Crippen molar-refractivity contribution in [1.82, 2.24) is 10.2 Å². The topological polar surface area (TPSA) is 66.5 Å². The van der Waals surface area contributed by atoms with E-state index in [9.17, 15) is 13.2 Å². The molecule has 0 aromatic carbocycles. The quantitative estimate of drug-likeness (QED) is 0.791. The van der Waals surface area contributed by atoms with Gasteiger partial charge in [-0.15, -0.1) is 0 Å². The minimum Gasteiger partial charge on any atom is -0.324 e. The zero-order valence-electron chi connectivity index (χ0n) is 11.2. The van der Waals surface area contributed by atoms with Crippen molar-refractivity contribution < 1.29 is 13.2 Å². The Balaban J connectivity index is 2.69. The van der Waals surface area contributed by atoms with E-state index in [1.807, 2.05) is 13.8 Å². The van der Waals surface area contributed by atoms with Crippen molar-refractivity contribution in [2.45, 2.75) is 31.7 Å². The number of carbonyl (C=O) groups is 1. The molecule has 1 amide bonds. The number of hydrogen-bond acceptors (Lipinski definition) is 5. The Morgan fingerprint density at radius 2 is 2.22 bits per heavy atom. The van der Waals surface area contributed by atoms with Crippen LogP contribution in [0, 0.1) is 0 Å². The second kappa shape index (κ2) is 6.77. The molecule has 1 fully saturated rings. The van der Waals surface area contributed by atoms with Gasteiger partial charge in [-0.1, -0.05) is 6.92 Å². The van der Waals surface area contributed by atoms with E-state index in [0.29, 0.717) is 18.7 Å². The average Bonchev–Trinajstić information content (AvgIpc) is 2.28. The van der Waals surface area contributed by atoms with E-state index in [0.717, 1.165) is 12.3 Å². The summed E-state index contributed by atoms with van der Waals surface area (Å²) in [5.74, 6) is 1.23. The van der Waals surface area contributed by atoms with Crippen LogP contribution in [0.5, 0.6) is 0 Å². The molecule has 0 radical (unpaired) electrons. The van der Waals surface area contributed by atoms with Crippen LogP contribution in [0.2, 0.25) is 0 Å². The minimum atomic E-state index is -3.20. The van der Waals surface area contributed by atoms with Gasteiger partial charge in [0.25, 0.3) is 0 Å². The molecule has 1 saturated heterocycles. The lowest BCUT2D eigenvalue weighted by Gasteiger charge is -2.34. The van der Waals surface area contributed by atoms with E-state index in [2.05, 4.69) is 5.32 Å². The summed E-state index contributed by atoms with van der Waals surface area (Å²) in [5, 5.41) is 2.51. The molecule has 1 N–H and O–H groups in total. The standard InChI is InChI=1S/C11H22N2O3S2/c1-4-12-9(2)7-10(14)13-5-6-17-8-11(13)18(3,15)16/h9,11-12H,4-8H2,1-3H3. The highest BCUT2D eigenvalue weighted by molar-refractivity contribution is 8.00. The molecular weight excluding hydrogens is 272 g/mol. The van der Waals surface area contributed by atoms with Gasteiger partial charge in [-0.25, -0.2) is 8.42 Å². The fourth-order valence-electron chi connectivity index (χ4n) is 2.02. The second-order valence-corrected chi connectivity index (χ2v) is 7.96. The first kappa shape index (κ1) is 15.8. The van der Waals surface area contributed by atoms with E-state index in [-0.39, 0.29) is 11.9 Å². The molecule has 18 heavy (non-hydrogen) atoms. The van der Waals surface area contributed by atoms with Crippen LogP contribution in [0.4, 0.5) is 0 Å². The molecule has 0 bridgehead atoms. The van der Waals surface area contributed by atoms with Crippen LogP contribution in [0.15, 0.2) is 0 Å². The number of hydrogen-bond donors (Lipinski definition) is 1. The van der Waals surface area contributed by atoms with E-state index in [1.165, 1.54) is 11.2 Å². The molecule has 1 rings (SSSR count). The van der Waals surface area contributed by atoms with Crippen molar-refractivity contribution in [3.05, 3.63) is 0 Å². The van der Waals surface area contributed by atoms with Crippen molar-refractivity contribution in [3.8, 4) is 0 Å². The molecule has 1 aliphatic rings. The smallest absolute Gasteiger partial charge is 0.225 e. The zero-order chi connectivity index (χ0) is 13.8. The highest BCUT2D eigenvalue weighted by Gasteiger charge is 2.34. The normalized spacial score (nSPS) is 22.8. The Hall–Kier alpha value is -0.270. The Kier molecular flexibility index (Phi) is 5.94. The van der Waals surface area contributed by atoms with Crippen LogP contribution < -0.4 is 5.32 Å². The molecule has 7 heteroatoms. The second-order valence-electron chi connectivity index (χ2n) is 4.61. The average molecular weight is 294 g/mol. The summed E-state index contributed by atoms with van der Waals surface area (Å²) in [6, 6.07) is 0.0808. The third kappa shape index (κ3) is 4.44. The Morgan fingerprint density at radius 1 is 1.56 bits per heavy atom. The lowest BCUT2D eigenvalue weighted by Crippen LogP contribution is -2.51. The molecule has 1 heterocycles. The van der Waals surface area contributed by atoms with Gasteiger partial charge in [-0.3, -0.25) is 4.79 Å². The summed E-state index contributed by atoms with van der Waals surface area (Å²) in [6.07, 6.45) is 1.56. The highest BCUT2D eigenvalue weighted by atomic mass is 32.2. The summed E-state index contributed by atoms with van der Waals surface area (Å²) in [5.41, 5.74) is 0. The van der Waals surface area contributed by atoms with E-state index in [4.69, 9.17) is 0 Å². The molecule has 2 unspecified atom stereocenters. The number of rotatable bonds is 5. The summed E-state index contributed by atoms with van der Waals surface area (Å²) in [6.45, 7) is 5.26. The largest absolute Gasteiger partial charge is 0.324 e. The molecule has 0 aromatic heterocycles.